The molecule has 0 saturated carbocycles. The van der Waals surface area contributed by atoms with Crippen LogP contribution >= 0.6 is 23.2 Å². The maximum atomic E-state index is 13.3. The summed E-state index contributed by atoms with van der Waals surface area (Å²) in [5.74, 6) is -0.181. The van der Waals surface area contributed by atoms with E-state index in [0.717, 1.165) is 16.8 Å². The number of amides is 1. The van der Waals surface area contributed by atoms with E-state index >= 15 is 0 Å². The lowest BCUT2D eigenvalue weighted by molar-refractivity contribution is -0.121. The first kappa shape index (κ1) is 19.2. The second-order valence-electron chi connectivity index (χ2n) is 8.27. The minimum absolute atomic E-state index is 0.0673. The lowest BCUT2D eigenvalue weighted by atomic mass is 9.69. The van der Waals surface area contributed by atoms with Crippen molar-refractivity contribution in [3.05, 3.63) is 75.4 Å². The Hall–Kier alpha value is -2.10. The molecule has 1 amide bonds. The van der Waals surface area contributed by atoms with Gasteiger partial charge in [0.25, 0.3) is 0 Å². The van der Waals surface area contributed by atoms with E-state index < -0.39 is 0 Å². The van der Waals surface area contributed by atoms with Crippen LogP contribution in [0.4, 0.5) is 5.69 Å². The fourth-order valence-corrected chi connectivity index (χ4v) is 4.71. The van der Waals surface area contributed by atoms with Crippen LogP contribution in [0.3, 0.4) is 0 Å². The molecule has 0 saturated heterocycles. The van der Waals surface area contributed by atoms with E-state index in [9.17, 15) is 9.59 Å². The summed E-state index contributed by atoms with van der Waals surface area (Å²) in [5, 5.41) is 0.721. The van der Waals surface area contributed by atoms with Crippen molar-refractivity contribution in [1.29, 1.82) is 0 Å². The van der Waals surface area contributed by atoms with Crippen LogP contribution in [0.25, 0.3) is 0 Å². The third-order valence-corrected chi connectivity index (χ3v) is 6.33. The number of anilines is 1. The normalized spacial score (nSPS) is 21.7. The molecule has 2 aliphatic rings. The van der Waals surface area contributed by atoms with E-state index in [0.29, 0.717) is 28.6 Å². The van der Waals surface area contributed by atoms with Gasteiger partial charge in [-0.15, -0.1) is 0 Å². The van der Waals surface area contributed by atoms with Crippen molar-refractivity contribution in [2.24, 2.45) is 5.41 Å². The number of ketones is 1. The van der Waals surface area contributed by atoms with E-state index in [2.05, 4.69) is 13.8 Å². The number of carbonyl (C=O) groups is 2. The van der Waals surface area contributed by atoms with Crippen molar-refractivity contribution in [3.8, 4) is 0 Å². The quantitative estimate of drug-likeness (QED) is 0.591. The van der Waals surface area contributed by atoms with Gasteiger partial charge in [0.1, 0.15) is 0 Å². The van der Waals surface area contributed by atoms with Crippen LogP contribution in [0.5, 0.6) is 0 Å². The first-order chi connectivity index (χ1) is 13.3. The van der Waals surface area contributed by atoms with E-state index in [4.69, 9.17) is 23.2 Å². The number of halogens is 2. The highest BCUT2D eigenvalue weighted by Gasteiger charge is 2.44. The number of benzene rings is 2. The molecule has 0 fully saturated rings. The van der Waals surface area contributed by atoms with Gasteiger partial charge in [-0.3, -0.25) is 14.5 Å². The first-order valence-corrected chi connectivity index (χ1v) is 10.1. The molecule has 0 N–H and O–H groups in total. The first-order valence-electron chi connectivity index (χ1n) is 9.37. The van der Waals surface area contributed by atoms with Crippen LogP contribution in [-0.2, 0) is 9.59 Å². The molecule has 144 valence electrons. The molecular weight excluding hydrogens is 393 g/mol. The van der Waals surface area contributed by atoms with Crippen LogP contribution < -0.4 is 4.90 Å². The molecule has 28 heavy (non-hydrogen) atoms. The lowest BCUT2D eigenvalue weighted by Gasteiger charge is -2.43. The molecule has 2 aromatic carbocycles. The summed E-state index contributed by atoms with van der Waals surface area (Å²) in [6.07, 6.45) is 1.34. The van der Waals surface area contributed by atoms with Gasteiger partial charge in [-0.2, -0.15) is 0 Å². The highest BCUT2D eigenvalue weighted by atomic mass is 35.5. The molecule has 1 aliphatic heterocycles. The number of allylic oxidation sites excluding steroid dienone is 2. The Labute approximate surface area is 174 Å². The van der Waals surface area contributed by atoms with Crippen molar-refractivity contribution in [2.75, 3.05) is 4.90 Å². The maximum absolute atomic E-state index is 13.3. The summed E-state index contributed by atoms with van der Waals surface area (Å²) < 4.78 is 0. The fraction of sp³-hybridized carbons (Fsp3) is 0.304. The number of carbonyl (C=O) groups excluding carboxylic acids is 2. The predicted octanol–water partition coefficient (Wildman–Crippen LogP) is 6.16. The minimum atomic E-state index is -0.224. The number of hydrogen-bond donors (Lipinski definition) is 0. The van der Waals surface area contributed by atoms with Crippen molar-refractivity contribution in [1.82, 2.24) is 0 Å². The summed E-state index contributed by atoms with van der Waals surface area (Å²) in [5.41, 5.74) is 2.81. The van der Waals surface area contributed by atoms with Crippen LogP contribution in [0.15, 0.2) is 59.8 Å². The Balaban J connectivity index is 1.94. The fourth-order valence-electron chi connectivity index (χ4n) is 4.33. The molecule has 1 heterocycles. The standard InChI is InChI=1S/C23H21Cl2NO2/c1-23(2)12-18-21(19(27)13-23)15(14-7-4-3-5-8-14)11-20(28)26(18)17-10-6-9-16(24)22(17)25/h3-10,15H,11-13H2,1-2H3. The summed E-state index contributed by atoms with van der Waals surface area (Å²) in [6, 6.07) is 15.0. The second kappa shape index (κ2) is 7.06. The molecule has 1 atom stereocenters. The summed E-state index contributed by atoms with van der Waals surface area (Å²) >= 11 is 12.7. The molecule has 1 aliphatic carbocycles. The smallest absolute Gasteiger partial charge is 0.232 e. The summed E-state index contributed by atoms with van der Waals surface area (Å²) in [4.78, 5) is 28.1. The van der Waals surface area contributed by atoms with E-state index in [1.807, 2.05) is 30.3 Å². The molecule has 3 nitrogen and oxygen atoms in total. The lowest BCUT2D eigenvalue weighted by Crippen LogP contribution is -2.43. The molecule has 2 aromatic rings. The Kier molecular flexibility index (Phi) is 4.84. The Morgan fingerprint density at radius 3 is 2.39 bits per heavy atom. The van der Waals surface area contributed by atoms with E-state index in [1.54, 1.807) is 23.1 Å². The van der Waals surface area contributed by atoms with Crippen molar-refractivity contribution >= 4 is 40.6 Å². The number of hydrogen-bond acceptors (Lipinski definition) is 2. The SMILES string of the molecule is CC1(C)CC(=O)C2=C(C1)N(c1cccc(Cl)c1Cl)C(=O)CC2c1ccccc1. The van der Waals surface area contributed by atoms with Gasteiger partial charge in [-0.1, -0.05) is 73.4 Å². The summed E-state index contributed by atoms with van der Waals surface area (Å²) in [7, 11) is 0. The highest BCUT2D eigenvalue weighted by Crippen LogP contribution is 2.49. The molecule has 0 bridgehead atoms. The van der Waals surface area contributed by atoms with E-state index in [1.165, 1.54) is 0 Å². The van der Waals surface area contributed by atoms with Gasteiger partial charge in [0.15, 0.2) is 5.78 Å². The minimum Gasteiger partial charge on any atom is -0.294 e. The van der Waals surface area contributed by atoms with Crippen molar-refractivity contribution < 1.29 is 9.59 Å². The molecular formula is C23H21Cl2NO2. The molecule has 0 aromatic heterocycles. The molecule has 4 rings (SSSR count). The number of Topliss-reactive ketones (excluding diaryl/α,β-unsaturated/α-hetero) is 1. The van der Waals surface area contributed by atoms with Crippen LogP contribution in [0, 0.1) is 5.41 Å². The van der Waals surface area contributed by atoms with Gasteiger partial charge in [-0.05, 0) is 29.5 Å². The second-order valence-corrected chi connectivity index (χ2v) is 9.06. The van der Waals surface area contributed by atoms with Crippen LogP contribution in [-0.4, -0.2) is 11.7 Å². The third kappa shape index (κ3) is 3.27. The van der Waals surface area contributed by atoms with Gasteiger partial charge in [0.05, 0.1) is 15.7 Å². The average molecular weight is 414 g/mol. The maximum Gasteiger partial charge on any atom is 0.232 e. The largest absolute Gasteiger partial charge is 0.294 e. The van der Waals surface area contributed by atoms with Gasteiger partial charge in [-0.25, -0.2) is 0 Å². The van der Waals surface area contributed by atoms with Gasteiger partial charge in [0.2, 0.25) is 5.91 Å². The van der Waals surface area contributed by atoms with Gasteiger partial charge in [0, 0.05) is 30.0 Å². The van der Waals surface area contributed by atoms with Crippen molar-refractivity contribution in [2.45, 2.75) is 39.0 Å². The zero-order chi connectivity index (χ0) is 20.1. The zero-order valence-electron chi connectivity index (χ0n) is 15.8. The topological polar surface area (TPSA) is 37.4 Å². The van der Waals surface area contributed by atoms with E-state index in [-0.39, 0.29) is 29.4 Å². The Bertz CT molecular complexity index is 995. The predicted molar refractivity (Wildman–Crippen MR) is 113 cm³/mol. The van der Waals surface area contributed by atoms with Gasteiger partial charge < -0.3 is 0 Å². The van der Waals surface area contributed by atoms with Crippen LogP contribution in [0.1, 0.15) is 44.6 Å². The monoisotopic (exact) mass is 413 g/mol. The average Bonchev–Trinajstić information content (AvgIpc) is 2.63. The number of nitrogens with zero attached hydrogens (tertiary/aromatic N) is 1. The molecule has 5 heteroatoms. The summed E-state index contributed by atoms with van der Waals surface area (Å²) in [6.45, 7) is 4.12. The third-order valence-electron chi connectivity index (χ3n) is 5.52. The molecule has 0 radical (unpaired) electrons. The highest BCUT2D eigenvalue weighted by molar-refractivity contribution is 6.44. The van der Waals surface area contributed by atoms with Crippen molar-refractivity contribution in [3.63, 3.8) is 0 Å². The molecule has 0 spiro atoms. The zero-order valence-corrected chi connectivity index (χ0v) is 17.3. The number of rotatable bonds is 2. The Morgan fingerprint density at radius 2 is 1.68 bits per heavy atom. The Morgan fingerprint density at radius 1 is 0.964 bits per heavy atom. The molecule has 1 unspecified atom stereocenters. The van der Waals surface area contributed by atoms with Crippen LogP contribution in [0.2, 0.25) is 10.0 Å². The van der Waals surface area contributed by atoms with Gasteiger partial charge >= 0.3 is 0 Å².